The summed E-state index contributed by atoms with van der Waals surface area (Å²) in [4.78, 5) is 25.0. The van der Waals surface area contributed by atoms with E-state index in [1.807, 2.05) is 13.8 Å². The average molecular weight is 319 g/mol. The van der Waals surface area contributed by atoms with Crippen molar-refractivity contribution in [2.45, 2.75) is 32.4 Å². The fraction of sp³-hybridized carbons (Fsp3) is 0.529. The second-order valence-electron chi connectivity index (χ2n) is 6.09. The van der Waals surface area contributed by atoms with Gasteiger partial charge in [0.1, 0.15) is 11.8 Å². The minimum absolute atomic E-state index is 0.0111. The van der Waals surface area contributed by atoms with E-state index in [0.29, 0.717) is 11.3 Å². The molecule has 1 fully saturated rings. The number of methoxy groups -OCH3 is 1. The first-order valence-electron chi connectivity index (χ1n) is 7.98. The third kappa shape index (κ3) is 4.45. The molecule has 1 aliphatic heterocycles. The number of ether oxygens (including phenoxy) is 1. The van der Waals surface area contributed by atoms with Crippen molar-refractivity contribution in [2.24, 2.45) is 5.92 Å². The maximum Gasteiger partial charge on any atom is 0.255 e. The predicted octanol–water partition coefficient (Wildman–Crippen LogP) is 0.928. The van der Waals surface area contributed by atoms with Crippen molar-refractivity contribution in [1.29, 1.82) is 0 Å². The summed E-state index contributed by atoms with van der Waals surface area (Å²) >= 11 is 0. The van der Waals surface area contributed by atoms with E-state index in [4.69, 9.17) is 4.74 Å². The summed E-state index contributed by atoms with van der Waals surface area (Å²) in [5, 5.41) is 9.04. The lowest BCUT2D eigenvalue weighted by atomic mass is 10.0. The molecule has 0 spiro atoms. The van der Waals surface area contributed by atoms with Gasteiger partial charge >= 0.3 is 0 Å². The van der Waals surface area contributed by atoms with Gasteiger partial charge in [0.2, 0.25) is 5.91 Å². The van der Waals surface area contributed by atoms with Crippen LogP contribution in [0.1, 0.15) is 30.6 Å². The smallest absolute Gasteiger partial charge is 0.255 e. The molecular weight excluding hydrogens is 294 g/mol. The van der Waals surface area contributed by atoms with Crippen LogP contribution in [0, 0.1) is 5.92 Å². The van der Waals surface area contributed by atoms with Crippen LogP contribution in [0.5, 0.6) is 5.75 Å². The minimum atomic E-state index is -0.576. The van der Waals surface area contributed by atoms with E-state index in [-0.39, 0.29) is 23.8 Å². The highest BCUT2D eigenvalue weighted by Crippen LogP contribution is 2.17. The van der Waals surface area contributed by atoms with E-state index in [2.05, 4.69) is 16.0 Å². The Hall–Kier alpha value is -2.08. The summed E-state index contributed by atoms with van der Waals surface area (Å²) in [7, 11) is 1.52. The molecule has 126 valence electrons. The summed E-state index contributed by atoms with van der Waals surface area (Å²) in [6.45, 7) is 5.52. The number of carbonyl (C=O) groups is 2. The molecule has 6 heteroatoms. The first-order valence-corrected chi connectivity index (χ1v) is 7.98. The lowest BCUT2D eigenvalue weighted by molar-refractivity contribution is -0.124. The molecule has 1 heterocycles. The van der Waals surface area contributed by atoms with Gasteiger partial charge in [-0.1, -0.05) is 26.0 Å². The van der Waals surface area contributed by atoms with Crippen molar-refractivity contribution in [3.8, 4) is 5.75 Å². The standard InChI is InChI=1S/C17H25N3O3/c1-11(2)15(17(22)19-12-8-9-18-10-12)20-16(21)13-6-4-5-7-14(13)23-3/h4-7,11-12,15,18H,8-10H2,1-3H3,(H,19,22)(H,20,21). The van der Waals surface area contributed by atoms with Crippen molar-refractivity contribution in [3.63, 3.8) is 0 Å². The summed E-state index contributed by atoms with van der Waals surface area (Å²) in [5.41, 5.74) is 0.427. The molecule has 1 saturated heterocycles. The summed E-state index contributed by atoms with van der Waals surface area (Å²) in [6.07, 6.45) is 0.914. The Morgan fingerprint density at radius 2 is 2.04 bits per heavy atom. The Labute approximate surface area is 137 Å². The van der Waals surface area contributed by atoms with Crippen LogP contribution in [0.4, 0.5) is 0 Å². The number of carbonyl (C=O) groups excluding carboxylic acids is 2. The zero-order chi connectivity index (χ0) is 16.8. The van der Waals surface area contributed by atoms with E-state index < -0.39 is 6.04 Å². The lowest BCUT2D eigenvalue weighted by Gasteiger charge is -2.24. The Kier molecular flexibility index (Phi) is 5.98. The molecule has 2 amide bonds. The van der Waals surface area contributed by atoms with Crippen LogP contribution in [0.25, 0.3) is 0 Å². The summed E-state index contributed by atoms with van der Waals surface area (Å²) in [6, 6.07) is 6.54. The van der Waals surface area contributed by atoms with Gasteiger partial charge in [0, 0.05) is 12.6 Å². The summed E-state index contributed by atoms with van der Waals surface area (Å²) < 4.78 is 5.21. The Balaban J connectivity index is 2.06. The second-order valence-corrected chi connectivity index (χ2v) is 6.09. The molecule has 0 saturated carbocycles. The number of hydrogen-bond acceptors (Lipinski definition) is 4. The van der Waals surface area contributed by atoms with Crippen LogP contribution in [-0.4, -0.2) is 44.1 Å². The Morgan fingerprint density at radius 1 is 1.30 bits per heavy atom. The highest BCUT2D eigenvalue weighted by Gasteiger charge is 2.28. The zero-order valence-corrected chi connectivity index (χ0v) is 13.9. The van der Waals surface area contributed by atoms with Crippen molar-refractivity contribution >= 4 is 11.8 Å². The number of nitrogens with one attached hydrogen (secondary N) is 3. The topological polar surface area (TPSA) is 79.5 Å². The van der Waals surface area contributed by atoms with Crippen molar-refractivity contribution in [1.82, 2.24) is 16.0 Å². The van der Waals surface area contributed by atoms with Gasteiger partial charge in [0.25, 0.3) is 5.91 Å². The number of hydrogen-bond donors (Lipinski definition) is 3. The fourth-order valence-electron chi connectivity index (χ4n) is 2.65. The van der Waals surface area contributed by atoms with Crippen molar-refractivity contribution < 1.29 is 14.3 Å². The van der Waals surface area contributed by atoms with E-state index >= 15 is 0 Å². The van der Waals surface area contributed by atoms with Gasteiger partial charge in [-0.05, 0) is 31.0 Å². The zero-order valence-electron chi connectivity index (χ0n) is 13.9. The normalized spacial score (nSPS) is 18.5. The fourth-order valence-corrected chi connectivity index (χ4v) is 2.65. The van der Waals surface area contributed by atoms with E-state index in [1.54, 1.807) is 24.3 Å². The third-order valence-corrected chi connectivity index (χ3v) is 3.99. The highest BCUT2D eigenvalue weighted by atomic mass is 16.5. The molecular formula is C17H25N3O3. The van der Waals surface area contributed by atoms with Crippen LogP contribution in [0.3, 0.4) is 0 Å². The molecule has 1 aliphatic rings. The average Bonchev–Trinajstić information content (AvgIpc) is 3.04. The van der Waals surface area contributed by atoms with Gasteiger partial charge in [-0.25, -0.2) is 0 Å². The van der Waals surface area contributed by atoms with Gasteiger partial charge in [-0.2, -0.15) is 0 Å². The molecule has 1 aromatic carbocycles. The number of para-hydroxylation sites is 1. The third-order valence-electron chi connectivity index (χ3n) is 3.99. The van der Waals surface area contributed by atoms with Gasteiger partial charge in [-0.15, -0.1) is 0 Å². The van der Waals surface area contributed by atoms with Crippen LogP contribution < -0.4 is 20.7 Å². The van der Waals surface area contributed by atoms with E-state index in [1.165, 1.54) is 7.11 Å². The van der Waals surface area contributed by atoms with Crippen LogP contribution >= 0.6 is 0 Å². The molecule has 3 N–H and O–H groups in total. The van der Waals surface area contributed by atoms with Gasteiger partial charge < -0.3 is 20.7 Å². The molecule has 1 aromatic rings. The number of rotatable bonds is 6. The number of benzene rings is 1. The van der Waals surface area contributed by atoms with Crippen LogP contribution in [0.15, 0.2) is 24.3 Å². The molecule has 2 unspecified atom stereocenters. The molecule has 2 atom stereocenters. The van der Waals surface area contributed by atoms with Gasteiger partial charge in [0.05, 0.1) is 12.7 Å². The van der Waals surface area contributed by atoms with Gasteiger partial charge in [0.15, 0.2) is 0 Å². The molecule has 0 bridgehead atoms. The minimum Gasteiger partial charge on any atom is -0.496 e. The second kappa shape index (κ2) is 7.97. The van der Waals surface area contributed by atoms with Crippen LogP contribution in [0.2, 0.25) is 0 Å². The SMILES string of the molecule is COc1ccccc1C(=O)NC(C(=O)NC1CCNC1)C(C)C. The number of amides is 2. The molecule has 2 rings (SSSR count). The van der Waals surface area contributed by atoms with E-state index in [0.717, 1.165) is 19.5 Å². The predicted molar refractivity (Wildman–Crippen MR) is 88.5 cm³/mol. The molecule has 0 aromatic heterocycles. The quantitative estimate of drug-likeness (QED) is 0.729. The summed E-state index contributed by atoms with van der Waals surface area (Å²) in [5.74, 6) is 0.0359. The van der Waals surface area contributed by atoms with Crippen molar-refractivity contribution in [3.05, 3.63) is 29.8 Å². The molecule has 0 radical (unpaired) electrons. The van der Waals surface area contributed by atoms with Crippen molar-refractivity contribution in [2.75, 3.05) is 20.2 Å². The Bertz CT molecular complexity index is 554. The molecule has 23 heavy (non-hydrogen) atoms. The first kappa shape index (κ1) is 17.3. The highest BCUT2D eigenvalue weighted by molar-refractivity contribution is 5.99. The maximum absolute atomic E-state index is 12.5. The lowest BCUT2D eigenvalue weighted by Crippen LogP contribution is -2.52. The monoisotopic (exact) mass is 319 g/mol. The first-order chi connectivity index (χ1) is 11.0. The van der Waals surface area contributed by atoms with E-state index in [9.17, 15) is 9.59 Å². The largest absolute Gasteiger partial charge is 0.496 e. The maximum atomic E-state index is 12.5. The van der Waals surface area contributed by atoms with Gasteiger partial charge in [-0.3, -0.25) is 9.59 Å². The Morgan fingerprint density at radius 3 is 2.65 bits per heavy atom. The molecule has 6 nitrogen and oxygen atoms in total. The van der Waals surface area contributed by atoms with Crippen LogP contribution in [-0.2, 0) is 4.79 Å². The molecule has 0 aliphatic carbocycles.